The Balaban J connectivity index is 2.20. The number of aliphatic carboxylic acids is 1. The first-order valence-corrected chi connectivity index (χ1v) is 7.05. The van der Waals surface area contributed by atoms with Gasteiger partial charge in [-0.15, -0.1) is 0 Å². The van der Waals surface area contributed by atoms with Crippen molar-refractivity contribution in [1.82, 2.24) is 0 Å². The number of carboxylic acid groups (broad SMARTS) is 1. The molecule has 0 unspecified atom stereocenters. The zero-order valence-electron chi connectivity index (χ0n) is 13.0. The Kier molecular flexibility index (Phi) is 4.63. The Morgan fingerprint density at radius 3 is 2.36 bits per heavy atom. The van der Waals surface area contributed by atoms with E-state index in [1.807, 2.05) is 0 Å². The average molecular weight is 364 g/mol. The fraction of sp³-hybridized carbons (Fsp3) is 0.375. The van der Waals surface area contributed by atoms with Gasteiger partial charge >= 0.3 is 18.0 Å². The Hall–Kier alpha value is -2.45. The number of rotatable bonds is 5. The van der Waals surface area contributed by atoms with E-state index in [0.717, 1.165) is 6.08 Å². The number of carbonyl (C=O) groups is 2. The maximum atomic E-state index is 14.0. The van der Waals surface area contributed by atoms with Crippen LogP contribution in [-0.4, -0.2) is 17.0 Å². The van der Waals surface area contributed by atoms with E-state index in [1.54, 1.807) is 0 Å². The third kappa shape index (κ3) is 3.49. The summed E-state index contributed by atoms with van der Waals surface area (Å²) in [4.78, 5) is 22.5. The van der Waals surface area contributed by atoms with Crippen LogP contribution in [0.2, 0.25) is 0 Å². The summed E-state index contributed by atoms with van der Waals surface area (Å²) in [6.45, 7) is 3.07. The highest BCUT2D eigenvalue weighted by atomic mass is 19.3. The molecule has 0 heterocycles. The molecule has 0 radical (unpaired) electrons. The molecule has 1 aliphatic rings. The van der Waals surface area contributed by atoms with Gasteiger partial charge in [-0.05, 0) is 23.5 Å². The largest absolute Gasteiger partial charge is 0.478 e. The van der Waals surface area contributed by atoms with Crippen LogP contribution in [0, 0.1) is 34.7 Å². The molecule has 25 heavy (non-hydrogen) atoms. The van der Waals surface area contributed by atoms with Crippen LogP contribution in [0.4, 0.5) is 22.0 Å². The van der Waals surface area contributed by atoms with Crippen molar-refractivity contribution in [1.29, 1.82) is 0 Å². The second-order valence-corrected chi connectivity index (χ2v) is 6.18. The first-order chi connectivity index (χ1) is 11.4. The summed E-state index contributed by atoms with van der Waals surface area (Å²) in [6, 6.07) is 0.565. The van der Waals surface area contributed by atoms with Crippen molar-refractivity contribution in [3.8, 4) is 0 Å². The van der Waals surface area contributed by atoms with Gasteiger partial charge in [0.2, 0.25) is 0 Å². The van der Waals surface area contributed by atoms with Crippen LogP contribution in [0.25, 0.3) is 0 Å². The highest BCUT2D eigenvalue weighted by molar-refractivity contribution is 5.82. The van der Waals surface area contributed by atoms with Crippen molar-refractivity contribution >= 4 is 11.9 Å². The molecule has 0 aromatic heterocycles. The van der Waals surface area contributed by atoms with Crippen LogP contribution in [0.3, 0.4) is 0 Å². The van der Waals surface area contributed by atoms with Crippen LogP contribution >= 0.6 is 0 Å². The molecule has 1 aromatic carbocycles. The lowest BCUT2D eigenvalue weighted by molar-refractivity contribution is -0.243. The number of esters is 1. The number of carboxylic acids is 1. The third-order valence-electron chi connectivity index (χ3n) is 4.19. The summed E-state index contributed by atoms with van der Waals surface area (Å²) >= 11 is 0. The van der Waals surface area contributed by atoms with Crippen LogP contribution in [-0.2, 0) is 20.4 Å². The minimum Gasteiger partial charge on any atom is -0.478 e. The molecule has 0 spiro atoms. The van der Waals surface area contributed by atoms with Crippen LogP contribution < -0.4 is 0 Å². The van der Waals surface area contributed by atoms with Gasteiger partial charge in [-0.1, -0.05) is 19.9 Å². The van der Waals surface area contributed by atoms with Gasteiger partial charge in [-0.2, -0.15) is 8.78 Å². The van der Waals surface area contributed by atoms with E-state index in [1.165, 1.54) is 19.9 Å². The number of carbonyl (C=O) groups excluding carboxylic acids is 1. The highest BCUT2D eigenvalue weighted by Gasteiger charge is 2.62. The topological polar surface area (TPSA) is 63.6 Å². The summed E-state index contributed by atoms with van der Waals surface area (Å²) in [5.74, 6) is -10.4. The van der Waals surface area contributed by atoms with E-state index in [0.29, 0.717) is 0 Å². The molecule has 0 amide bonds. The number of ether oxygens (including phenoxy) is 1. The molecule has 1 fully saturated rings. The molecule has 4 nitrogen and oxygen atoms in total. The predicted molar refractivity (Wildman–Crippen MR) is 73.8 cm³/mol. The monoisotopic (exact) mass is 364 g/mol. The Bertz CT molecular complexity index is 757. The molecular formula is C16H13F5O4. The van der Waals surface area contributed by atoms with Gasteiger partial charge in [0.15, 0.2) is 17.5 Å². The molecule has 9 heteroatoms. The average Bonchev–Trinajstić information content (AvgIpc) is 3.03. The maximum absolute atomic E-state index is 14.0. The standard InChI is InChI=1S/C16H13F5O4/c1-15(2)7(4-6-10(22)23)11(15)14(24)25-16(20,21)8-3-5-9(17)13(19)12(8)18/h3-7,11H,1-2H3,(H,22,23)/t7-,11-/m0/s1. The van der Waals surface area contributed by atoms with Crippen molar-refractivity contribution in [3.63, 3.8) is 0 Å². The smallest absolute Gasteiger partial charge is 0.431 e. The molecular weight excluding hydrogens is 351 g/mol. The quantitative estimate of drug-likeness (QED) is 0.375. The first-order valence-electron chi connectivity index (χ1n) is 7.05. The molecule has 0 bridgehead atoms. The molecule has 136 valence electrons. The number of halogens is 5. The Morgan fingerprint density at radius 2 is 1.80 bits per heavy atom. The first kappa shape index (κ1) is 18.9. The molecule has 1 aromatic rings. The van der Waals surface area contributed by atoms with Gasteiger partial charge in [0.25, 0.3) is 0 Å². The van der Waals surface area contributed by atoms with E-state index in [-0.39, 0.29) is 12.1 Å². The maximum Gasteiger partial charge on any atom is 0.431 e. The summed E-state index contributed by atoms with van der Waals surface area (Å²) in [7, 11) is 0. The number of hydrogen-bond donors (Lipinski definition) is 1. The van der Waals surface area contributed by atoms with Gasteiger partial charge in [0.1, 0.15) is 5.56 Å². The van der Waals surface area contributed by atoms with Crippen molar-refractivity contribution in [3.05, 3.63) is 47.3 Å². The lowest BCUT2D eigenvalue weighted by Crippen LogP contribution is -2.26. The van der Waals surface area contributed by atoms with E-state index >= 15 is 0 Å². The van der Waals surface area contributed by atoms with Crippen molar-refractivity contribution < 1.29 is 41.4 Å². The van der Waals surface area contributed by atoms with Gasteiger partial charge in [-0.25, -0.2) is 18.0 Å². The minimum absolute atomic E-state index is 0.279. The molecule has 2 atom stereocenters. The number of alkyl halides is 2. The highest BCUT2D eigenvalue weighted by Crippen LogP contribution is 2.60. The van der Waals surface area contributed by atoms with E-state index in [2.05, 4.69) is 4.74 Å². The Labute approximate surface area is 138 Å². The predicted octanol–water partition coefficient (Wildman–Crippen LogP) is 3.61. The third-order valence-corrected chi connectivity index (χ3v) is 4.19. The SMILES string of the molecule is CC1(C)[C@H](C(=O)OC(F)(F)c2ccc(F)c(F)c2F)[C@@H]1C=CC(=O)O. The minimum atomic E-state index is -4.52. The number of hydrogen-bond acceptors (Lipinski definition) is 3. The Morgan fingerprint density at radius 1 is 1.20 bits per heavy atom. The lowest BCUT2D eigenvalue weighted by Gasteiger charge is -2.18. The molecule has 1 aliphatic carbocycles. The summed E-state index contributed by atoms with van der Waals surface area (Å²) in [5.41, 5.74) is -2.46. The summed E-state index contributed by atoms with van der Waals surface area (Å²) < 4.78 is 71.4. The van der Waals surface area contributed by atoms with Crippen LogP contribution in [0.1, 0.15) is 19.4 Å². The molecule has 0 aliphatic heterocycles. The zero-order valence-corrected chi connectivity index (χ0v) is 13.0. The van der Waals surface area contributed by atoms with Crippen molar-refractivity contribution in [2.45, 2.75) is 20.0 Å². The fourth-order valence-electron chi connectivity index (χ4n) is 2.67. The van der Waals surface area contributed by atoms with Gasteiger partial charge in [0.05, 0.1) is 5.92 Å². The van der Waals surface area contributed by atoms with E-state index < -0.39 is 58.3 Å². The normalized spacial score (nSPS) is 22.0. The van der Waals surface area contributed by atoms with Crippen LogP contribution in [0.15, 0.2) is 24.3 Å². The second kappa shape index (κ2) is 6.12. The lowest BCUT2D eigenvalue weighted by atomic mass is 10.1. The van der Waals surface area contributed by atoms with Crippen molar-refractivity contribution in [2.24, 2.45) is 17.3 Å². The number of benzene rings is 1. The molecule has 1 N–H and O–H groups in total. The van der Waals surface area contributed by atoms with Crippen LogP contribution in [0.5, 0.6) is 0 Å². The zero-order chi connectivity index (χ0) is 19.2. The number of allylic oxidation sites excluding steroid dienone is 1. The fourth-order valence-corrected chi connectivity index (χ4v) is 2.67. The van der Waals surface area contributed by atoms with E-state index in [4.69, 9.17) is 5.11 Å². The van der Waals surface area contributed by atoms with E-state index in [9.17, 15) is 31.5 Å². The summed E-state index contributed by atoms with van der Waals surface area (Å²) in [6.07, 6.45) is -2.58. The van der Waals surface area contributed by atoms with Gasteiger partial charge in [-0.3, -0.25) is 4.79 Å². The molecule has 2 rings (SSSR count). The van der Waals surface area contributed by atoms with Gasteiger partial charge in [0, 0.05) is 6.08 Å². The van der Waals surface area contributed by atoms with Crippen molar-refractivity contribution in [2.75, 3.05) is 0 Å². The van der Waals surface area contributed by atoms with Gasteiger partial charge < -0.3 is 9.84 Å². The second-order valence-electron chi connectivity index (χ2n) is 6.18. The summed E-state index contributed by atoms with van der Waals surface area (Å²) in [5, 5.41) is 8.57. The molecule has 1 saturated carbocycles. The molecule has 0 saturated heterocycles.